The van der Waals surface area contributed by atoms with Gasteiger partial charge in [-0.05, 0) is 5.53 Å². The molecule has 0 spiro atoms. The third-order valence-electron chi connectivity index (χ3n) is 1.46. The second-order valence-electron chi connectivity index (χ2n) is 2.18. The van der Waals surface area contributed by atoms with Crippen molar-refractivity contribution in [1.29, 1.82) is 0 Å². The maximum Gasteiger partial charge on any atom is 0.318 e. The van der Waals surface area contributed by atoms with Crippen molar-refractivity contribution in [1.82, 2.24) is 0 Å². The summed E-state index contributed by atoms with van der Waals surface area (Å²) in [5, 5.41) is 12.1. The molecule has 7 nitrogen and oxygen atoms in total. The molecule has 1 N–H and O–H groups in total. The minimum atomic E-state index is -1.37. The molecule has 12 heavy (non-hydrogen) atoms. The quantitative estimate of drug-likeness (QED) is 0.191. The monoisotopic (exact) mass is 171 g/mol. The van der Waals surface area contributed by atoms with Gasteiger partial charge in [-0.1, -0.05) is 5.11 Å². The molecule has 1 rings (SSSR count). The standard InChI is InChI=1S/C5H5N3O4/c6-8-7-3-4(10)2(1-9)12-5(3)11/h1-4,10H. The highest BCUT2D eigenvalue weighted by Crippen LogP contribution is 2.17. The van der Waals surface area contributed by atoms with Crippen LogP contribution < -0.4 is 0 Å². The lowest BCUT2D eigenvalue weighted by atomic mass is 10.1. The first kappa shape index (κ1) is 8.51. The van der Waals surface area contributed by atoms with Crippen LogP contribution >= 0.6 is 0 Å². The maximum atomic E-state index is 10.7. The molecule has 0 aliphatic carbocycles. The van der Waals surface area contributed by atoms with Gasteiger partial charge >= 0.3 is 5.97 Å². The van der Waals surface area contributed by atoms with Gasteiger partial charge < -0.3 is 9.84 Å². The topological polar surface area (TPSA) is 112 Å². The van der Waals surface area contributed by atoms with Gasteiger partial charge in [-0.2, -0.15) is 0 Å². The van der Waals surface area contributed by atoms with Gasteiger partial charge in [0.25, 0.3) is 0 Å². The van der Waals surface area contributed by atoms with Crippen molar-refractivity contribution in [2.24, 2.45) is 5.11 Å². The Morgan fingerprint density at radius 3 is 2.83 bits per heavy atom. The maximum absolute atomic E-state index is 10.7. The fourth-order valence-electron chi connectivity index (χ4n) is 0.872. The number of carbonyl (C=O) groups excluding carboxylic acids is 2. The highest BCUT2D eigenvalue weighted by molar-refractivity contribution is 5.83. The Morgan fingerprint density at radius 1 is 1.75 bits per heavy atom. The van der Waals surface area contributed by atoms with Gasteiger partial charge in [0.1, 0.15) is 6.10 Å². The molecule has 1 aliphatic rings. The molecule has 1 heterocycles. The van der Waals surface area contributed by atoms with Gasteiger partial charge in [0.15, 0.2) is 18.4 Å². The van der Waals surface area contributed by atoms with Crippen molar-refractivity contribution in [3.63, 3.8) is 0 Å². The van der Waals surface area contributed by atoms with E-state index >= 15 is 0 Å². The van der Waals surface area contributed by atoms with Gasteiger partial charge in [0.2, 0.25) is 0 Å². The molecule has 1 fully saturated rings. The number of carbonyl (C=O) groups is 2. The van der Waals surface area contributed by atoms with E-state index in [0.717, 1.165) is 0 Å². The van der Waals surface area contributed by atoms with Crippen LogP contribution in [0.4, 0.5) is 0 Å². The molecule has 0 saturated carbocycles. The molecule has 3 unspecified atom stereocenters. The normalized spacial score (nSPS) is 33.8. The van der Waals surface area contributed by atoms with E-state index in [2.05, 4.69) is 14.8 Å². The zero-order valence-corrected chi connectivity index (χ0v) is 5.82. The number of aldehydes is 1. The van der Waals surface area contributed by atoms with Gasteiger partial charge in [-0.15, -0.1) is 0 Å². The van der Waals surface area contributed by atoms with E-state index < -0.39 is 24.2 Å². The summed E-state index contributed by atoms with van der Waals surface area (Å²) in [4.78, 5) is 23.2. The predicted octanol–water partition coefficient (Wildman–Crippen LogP) is -0.849. The zero-order chi connectivity index (χ0) is 9.14. The Hall–Kier alpha value is -1.59. The average molecular weight is 171 g/mol. The number of azide groups is 1. The van der Waals surface area contributed by atoms with Crippen LogP contribution in [0.25, 0.3) is 10.4 Å². The Balaban J connectivity index is 2.83. The van der Waals surface area contributed by atoms with E-state index in [1.54, 1.807) is 0 Å². The predicted molar refractivity (Wildman–Crippen MR) is 34.9 cm³/mol. The van der Waals surface area contributed by atoms with Crippen LogP contribution in [-0.2, 0) is 14.3 Å². The van der Waals surface area contributed by atoms with Crippen LogP contribution in [0, 0.1) is 0 Å². The summed E-state index contributed by atoms with van der Waals surface area (Å²) >= 11 is 0. The summed E-state index contributed by atoms with van der Waals surface area (Å²) in [5.41, 5.74) is 7.97. The number of nitrogens with zero attached hydrogens (tertiary/aromatic N) is 3. The molecule has 1 aliphatic heterocycles. The molecule has 0 aromatic carbocycles. The lowest BCUT2D eigenvalue weighted by Gasteiger charge is -2.04. The first-order valence-electron chi connectivity index (χ1n) is 3.08. The molecule has 0 aromatic heterocycles. The summed E-state index contributed by atoms with van der Waals surface area (Å²) in [6, 6.07) is -1.30. The largest absolute Gasteiger partial charge is 0.451 e. The molecule has 64 valence electrons. The van der Waals surface area contributed by atoms with Crippen LogP contribution in [-0.4, -0.2) is 35.6 Å². The van der Waals surface area contributed by atoms with E-state index in [-0.39, 0.29) is 6.29 Å². The Morgan fingerprint density at radius 2 is 2.42 bits per heavy atom. The summed E-state index contributed by atoms with van der Waals surface area (Å²) in [6.07, 6.45) is -2.30. The van der Waals surface area contributed by atoms with Gasteiger partial charge in [0.05, 0.1) is 0 Å². The van der Waals surface area contributed by atoms with Crippen molar-refractivity contribution in [3.8, 4) is 0 Å². The van der Waals surface area contributed by atoms with Crippen LogP contribution in [0.2, 0.25) is 0 Å². The molecular weight excluding hydrogens is 166 g/mol. The first-order chi connectivity index (χ1) is 5.70. The summed E-state index contributed by atoms with van der Waals surface area (Å²) in [5.74, 6) is -0.877. The number of hydrogen-bond acceptors (Lipinski definition) is 5. The number of hydrogen-bond donors (Lipinski definition) is 1. The van der Waals surface area contributed by atoms with Gasteiger partial charge in [-0.25, -0.2) is 0 Å². The minimum absolute atomic E-state index is 0.287. The van der Waals surface area contributed by atoms with Crippen molar-refractivity contribution in [2.45, 2.75) is 18.2 Å². The molecule has 0 radical (unpaired) electrons. The second-order valence-corrected chi connectivity index (χ2v) is 2.18. The number of ether oxygens (including phenoxy) is 1. The Labute approximate surface area is 66.6 Å². The molecular formula is C5H5N3O4. The van der Waals surface area contributed by atoms with E-state index in [0.29, 0.717) is 0 Å². The highest BCUT2D eigenvalue weighted by atomic mass is 16.6. The molecule has 0 bridgehead atoms. The number of aliphatic hydroxyl groups excluding tert-OH is 1. The van der Waals surface area contributed by atoms with Crippen molar-refractivity contribution in [3.05, 3.63) is 10.4 Å². The molecule has 0 amide bonds. The lowest BCUT2D eigenvalue weighted by Crippen LogP contribution is -2.30. The van der Waals surface area contributed by atoms with Crippen LogP contribution in [0.1, 0.15) is 0 Å². The van der Waals surface area contributed by atoms with Crippen LogP contribution in [0.3, 0.4) is 0 Å². The first-order valence-corrected chi connectivity index (χ1v) is 3.08. The number of esters is 1. The third-order valence-corrected chi connectivity index (χ3v) is 1.46. The number of cyclic esters (lactones) is 1. The Kier molecular flexibility index (Phi) is 2.27. The van der Waals surface area contributed by atoms with Crippen molar-refractivity contribution >= 4 is 12.3 Å². The molecule has 7 heteroatoms. The average Bonchev–Trinajstić information content (AvgIpc) is 2.32. The highest BCUT2D eigenvalue weighted by Gasteiger charge is 2.43. The van der Waals surface area contributed by atoms with Crippen LogP contribution in [0.5, 0.6) is 0 Å². The third kappa shape index (κ3) is 1.23. The van der Waals surface area contributed by atoms with Crippen molar-refractivity contribution < 1.29 is 19.4 Å². The van der Waals surface area contributed by atoms with E-state index in [1.165, 1.54) is 0 Å². The lowest BCUT2D eigenvalue weighted by molar-refractivity contribution is -0.145. The van der Waals surface area contributed by atoms with Crippen molar-refractivity contribution in [2.75, 3.05) is 0 Å². The summed E-state index contributed by atoms with van der Waals surface area (Å²) in [6.45, 7) is 0. The molecule has 1 saturated heterocycles. The van der Waals surface area contributed by atoms with Gasteiger partial charge in [0, 0.05) is 4.91 Å². The van der Waals surface area contributed by atoms with E-state index in [4.69, 9.17) is 10.6 Å². The minimum Gasteiger partial charge on any atom is -0.451 e. The van der Waals surface area contributed by atoms with Crippen LogP contribution in [0.15, 0.2) is 5.11 Å². The number of rotatable bonds is 2. The van der Waals surface area contributed by atoms with E-state index in [9.17, 15) is 9.59 Å². The Bertz CT molecular complexity index is 259. The molecule has 3 atom stereocenters. The second kappa shape index (κ2) is 3.21. The fourth-order valence-corrected chi connectivity index (χ4v) is 0.872. The zero-order valence-electron chi connectivity index (χ0n) is 5.82. The smallest absolute Gasteiger partial charge is 0.318 e. The number of aliphatic hydroxyl groups is 1. The van der Waals surface area contributed by atoms with Gasteiger partial charge in [-0.3, -0.25) is 9.59 Å². The fraction of sp³-hybridized carbons (Fsp3) is 0.600. The van der Waals surface area contributed by atoms with E-state index in [1.807, 2.05) is 0 Å². The summed E-state index contributed by atoms with van der Waals surface area (Å²) < 4.78 is 4.37. The SMILES string of the molecule is [N-]=[N+]=NC1C(=O)OC(C=O)C1O. The molecule has 0 aromatic rings. The summed E-state index contributed by atoms with van der Waals surface area (Å²) in [7, 11) is 0.